The lowest BCUT2D eigenvalue weighted by Gasteiger charge is -2.38. The van der Waals surface area contributed by atoms with Crippen LogP contribution in [-0.2, 0) is 10.3 Å². The Morgan fingerprint density at radius 2 is 2.13 bits per heavy atom. The first-order valence-corrected chi connectivity index (χ1v) is 9.45. The topological polar surface area (TPSA) is 62.7 Å². The minimum atomic E-state index is -0.978. The first-order chi connectivity index (χ1) is 11.1. The third kappa shape index (κ3) is 2.71. The Morgan fingerprint density at radius 3 is 2.78 bits per heavy atom. The van der Waals surface area contributed by atoms with Crippen molar-refractivity contribution < 1.29 is 14.6 Å². The van der Waals surface area contributed by atoms with E-state index in [4.69, 9.17) is 4.74 Å². The fraction of sp³-hybridized carbons (Fsp3) is 0.500. The van der Waals surface area contributed by atoms with Crippen LogP contribution in [0.15, 0.2) is 29.1 Å². The second-order valence-electron chi connectivity index (χ2n) is 6.29. The van der Waals surface area contributed by atoms with Gasteiger partial charge in [0.1, 0.15) is 10.6 Å². The number of rotatable bonds is 2. The van der Waals surface area contributed by atoms with Gasteiger partial charge in [-0.1, -0.05) is 6.07 Å². The maximum Gasteiger partial charge on any atom is 0.263 e. The highest BCUT2D eigenvalue weighted by molar-refractivity contribution is 7.12. The first kappa shape index (κ1) is 15.3. The second kappa shape index (κ2) is 5.66. The molecule has 1 N–H and O–H groups in total. The van der Waals surface area contributed by atoms with Gasteiger partial charge in [-0.15, -0.1) is 22.7 Å². The predicted octanol–water partition coefficient (Wildman–Crippen LogP) is 2.49. The molecule has 5 nitrogen and oxygen atoms in total. The Morgan fingerprint density at radius 1 is 1.30 bits per heavy atom. The minimum Gasteiger partial charge on any atom is -0.380 e. The number of hydrogen-bond donors (Lipinski definition) is 1. The molecule has 7 heteroatoms. The lowest BCUT2D eigenvalue weighted by molar-refractivity contribution is -0.0430. The molecule has 0 saturated carbocycles. The Kier molecular flexibility index (Phi) is 3.76. The van der Waals surface area contributed by atoms with Crippen LogP contribution in [0.25, 0.3) is 0 Å². The van der Waals surface area contributed by atoms with Crippen molar-refractivity contribution >= 4 is 28.6 Å². The number of aliphatic hydroxyl groups is 1. The van der Waals surface area contributed by atoms with E-state index in [1.165, 1.54) is 22.7 Å². The molecule has 2 aliphatic rings. The molecule has 2 fully saturated rings. The Hall–Kier alpha value is -1.28. The molecular formula is C16H18N2O3S2. The zero-order valence-electron chi connectivity index (χ0n) is 12.6. The van der Waals surface area contributed by atoms with Crippen molar-refractivity contribution in [2.75, 3.05) is 19.7 Å². The molecule has 2 aromatic rings. The van der Waals surface area contributed by atoms with Gasteiger partial charge in [-0.25, -0.2) is 4.98 Å². The molecule has 122 valence electrons. The molecular weight excluding hydrogens is 332 g/mol. The molecule has 1 atom stereocenters. The van der Waals surface area contributed by atoms with Crippen molar-refractivity contribution in [1.29, 1.82) is 0 Å². The van der Waals surface area contributed by atoms with E-state index < -0.39 is 5.60 Å². The van der Waals surface area contributed by atoms with Crippen LogP contribution in [0.4, 0.5) is 0 Å². The Labute approximate surface area is 142 Å². The van der Waals surface area contributed by atoms with Crippen LogP contribution in [0, 0.1) is 0 Å². The third-order valence-corrected chi connectivity index (χ3v) is 6.58. The zero-order valence-corrected chi connectivity index (χ0v) is 14.2. The van der Waals surface area contributed by atoms with Gasteiger partial charge in [-0.3, -0.25) is 4.79 Å². The van der Waals surface area contributed by atoms with E-state index in [0.29, 0.717) is 26.1 Å². The van der Waals surface area contributed by atoms with Crippen LogP contribution in [-0.4, -0.2) is 46.2 Å². The van der Waals surface area contributed by atoms with Gasteiger partial charge < -0.3 is 14.7 Å². The number of thiophene rings is 1. The average molecular weight is 350 g/mol. The van der Waals surface area contributed by atoms with Crippen molar-refractivity contribution in [3.63, 3.8) is 0 Å². The Balaban J connectivity index is 1.43. The number of piperidine rings is 1. The van der Waals surface area contributed by atoms with Crippen molar-refractivity contribution in [3.8, 4) is 0 Å². The van der Waals surface area contributed by atoms with Crippen molar-refractivity contribution in [2.45, 2.75) is 30.5 Å². The monoisotopic (exact) mass is 350 g/mol. The van der Waals surface area contributed by atoms with E-state index in [9.17, 15) is 9.90 Å². The molecule has 2 aliphatic heterocycles. The summed E-state index contributed by atoms with van der Waals surface area (Å²) in [6, 6.07) is 3.77. The highest BCUT2D eigenvalue weighted by atomic mass is 32.1. The quantitative estimate of drug-likeness (QED) is 0.904. The predicted molar refractivity (Wildman–Crippen MR) is 88.8 cm³/mol. The van der Waals surface area contributed by atoms with E-state index in [1.807, 2.05) is 27.8 Å². The fourth-order valence-corrected chi connectivity index (χ4v) is 4.91. The normalized spacial score (nSPS) is 26.7. The summed E-state index contributed by atoms with van der Waals surface area (Å²) in [4.78, 5) is 19.3. The SMILES string of the molecule is O=C(c1cccs1)N1CCC2(CC1)C[C@](O)(c1nccs1)CO2. The van der Waals surface area contributed by atoms with Gasteiger partial charge in [-0.05, 0) is 24.3 Å². The van der Waals surface area contributed by atoms with E-state index in [1.54, 1.807) is 6.20 Å². The Bertz CT molecular complexity index is 678. The number of ether oxygens (including phenoxy) is 1. The molecule has 1 amide bonds. The standard InChI is InChI=1S/C16H18N2O3S2/c19-13(12-2-1-8-22-12)18-6-3-15(4-7-18)10-16(20,11-21-15)14-17-5-9-23-14/h1-2,5,8-9,20H,3-4,6-7,10-11H2/t16-/m1/s1. The largest absolute Gasteiger partial charge is 0.380 e. The number of thiazole rings is 1. The van der Waals surface area contributed by atoms with E-state index in [0.717, 1.165) is 22.7 Å². The molecule has 23 heavy (non-hydrogen) atoms. The molecule has 0 aliphatic carbocycles. The van der Waals surface area contributed by atoms with Gasteiger partial charge in [0.05, 0.1) is 17.1 Å². The van der Waals surface area contributed by atoms with Gasteiger partial charge in [0, 0.05) is 31.1 Å². The summed E-state index contributed by atoms with van der Waals surface area (Å²) < 4.78 is 6.02. The van der Waals surface area contributed by atoms with Gasteiger partial charge in [-0.2, -0.15) is 0 Å². The molecule has 4 rings (SSSR count). The first-order valence-electron chi connectivity index (χ1n) is 7.69. The number of amides is 1. The summed E-state index contributed by atoms with van der Waals surface area (Å²) in [5, 5.41) is 15.4. The van der Waals surface area contributed by atoms with Gasteiger partial charge in [0.25, 0.3) is 5.91 Å². The minimum absolute atomic E-state index is 0.100. The van der Waals surface area contributed by atoms with Crippen LogP contribution >= 0.6 is 22.7 Å². The lowest BCUT2D eigenvalue weighted by atomic mass is 9.83. The van der Waals surface area contributed by atoms with Crippen molar-refractivity contribution in [3.05, 3.63) is 39.0 Å². The number of carbonyl (C=O) groups excluding carboxylic acids is 1. The summed E-state index contributed by atoms with van der Waals surface area (Å²) >= 11 is 2.94. The number of aromatic nitrogens is 1. The fourth-order valence-electron chi connectivity index (χ4n) is 3.49. The van der Waals surface area contributed by atoms with E-state index in [-0.39, 0.29) is 11.5 Å². The highest BCUT2D eigenvalue weighted by Gasteiger charge is 2.52. The molecule has 4 heterocycles. The maximum absolute atomic E-state index is 12.4. The number of nitrogens with zero attached hydrogens (tertiary/aromatic N) is 2. The van der Waals surface area contributed by atoms with Crippen LogP contribution in [0.2, 0.25) is 0 Å². The number of carbonyl (C=O) groups is 1. The summed E-state index contributed by atoms with van der Waals surface area (Å²) in [5.41, 5.74) is -1.30. The zero-order chi connectivity index (χ0) is 15.9. The number of likely N-dealkylation sites (tertiary alicyclic amines) is 1. The summed E-state index contributed by atoms with van der Waals surface area (Å²) in [7, 11) is 0. The molecule has 0 aromatic carbocycles. The summed E-state index contributed by atoms with van der Waals surface area (Å²) in [6.45, 7) is 1.63. The van der Waals surface area contributed by atoms with E-state index in [2.05, 4.69) is 4.98 Å². The van der Waals surface area contributed by atoms with Gasteiger partial charge >= 0.3 is 0 Å². The summed E-state index contributed by atoms with van der Waals surface area (Å²) in [6.07, 6.45) is 3.80. The van der Waals surface area contributed by atoms with Gasteiger partial charge in [0.15, 0.2) is 0 Å². The molecule has 2 saturated heterocycles. The van der Waals surface area contributed by atoms with Gasteiger partial charge in [0.2, 0.25) is 0 Å². The van der Waals surface area contributed by atoms with Crippen molar-refractivity contribution in [2.24, 2.45) is 0 Å². The molecule has 0 radical (unpaired) electrons. The lowest BCUT2D eigenvalue weighted by Crippen LogP contribution is -2.46. The third-order valence-electron chi connectivity index (χ3n) is 4.76. The van der Waals surface area contributed by atoms with E-state index >= 15 is 0 Å². The van der Waals surface area contributed by atoms with Crippen LogP contribution in [0.3, 0.4) is 0 Å². The van der Waals surface area contributed by atoms with Crippen LogP contribution in [0.1, 0.15) is 33.9 Å². The summed E-state index contributed by atoms with van der Waals surface area (Å²) in [5.74, 6) is 0.100. The molecule has 0 bridgehead atoms. The highest BCUT2D eigenvalue weighted by Crippen LogP contribution is 2.45. The average Bonchev–Trinajstić information content (AvgIpc) is 3.30. The number of hydrogen-bond acceptors (Lipinski definition) is 6. The smallest absolute Gasteiger partial charge is 0.263 e. The molecule has 1 spiro atoms. The molecule has 0 unspecified atom stereocenters. The van der Waals surface area contributed by atoms with Crippen LogP contribution < -0.4 is 0 Å². The molecule has 2 aromatic heterocycles. The van der Waals surface area contributed by atoms with Crippen LogP contribution in [0.5, 0.6) is 0 Å². The maximum atomic E-state index is 12.4. The second-order valence-corrected chi connectivity index (χ2v) is 8.13. The van der Waals surface area contributed by atoms with Crippen molar-refractivity contribution in [1.82, 2.24) is 9.88 Å².